The normalized spacial score (nSPS) is 26.3. The van der Waals surface area contributed by atoms with Crippen molar-refractivity contribution >= 4 is 0 Å². The summed E-state index contributed by atoms with van der Waals surface area (Å²) >= 11 is 0. The summed E-state index contributed by atoms with van der Waals surface area (Å²) in [7, 11) is 0. The van der Waals surface area contributed by atoms with Crippen LogP contribution in [0.1, 0.15) is 25.3 Å². The lowest BCUT2D eigenvalue weighted by molar-refractivity contribution is 0.0614. The molecule has 1 aromatic rings. The summed E-state index contributed by atoms with van der Waals surface area (Å²) in [5, 5.41) is 3.38. The first-order valence-electron chi connectivity index (χ1n) is 5.64. The second-order valence-electron chi connectivity index (χ2n) is 4.65. The summed E-state index contributed by atoms with van der Waals surface area (Å²) < 4.78 is 6.04. The van der Waals surface area contributed by atoms with E-state index in [9.17, 15) is 0 Å². The second-order valence-corrected chi connectivity index (χ2v) is 4.65. The molecule has 0 amide bonds. The largest absolute Gasteiger partial charge is 0.486 e. The zero-order valence-electron chi connectivity index (χ0n) is 9.55. The van der Waals surface area contributed by atoms with Crippen molar-refractivity contribution in [2.75, 3.05) is 13.1 Å². The van der Waals surface area contributed by atoms with Crippen LogP contribution in [0.5, 0.6) is 5.75 Å². The summed E-state index contributed by atoms with van der Waals surface area (Å²) in [6, 6.07) is 8.29. The molecule has 1 saturated heterocycles. The first-order valence-corrected chi connectivity index (χ1v) is 5.64. The molecule has 0 bridgehead atoms. The Hall–Kier alpha value is -1.02. The minimum atomic E-state index is -0.0342. The van der Waals surface area contributed by atoms with E-state index in [-0.39, 0.29) is 5.60 Å². The molecular weight excluding hydrogens is 186 g/mol. The lowest BCUT2D eigenvalue weighted by Crippen LogP contribution is -2.47. The van der Waals surface area contributed by atoms with Crippen LogP contribution in [-0.4, -0.2) is 18.7 Å². The third-order valence-electron chi connectivity index (χ3n) is 2.94. The summed E-state index contributed by atoms with van der Waals surface area (Å²) in [6.07, 6.45) is 2.33. The van der Waals surface area contributed by atoms with Crippen LogP contribution < -0.4 is 10.1 Å². The maximum atomic E-state index is 6.04. The van der Waals surface area contributed by atoms with E-state index in [4.69, 9.17) is 4.74 Å². The molecule has 0 aromatic heterocycles. The quantitative estimate of drug-likeness (QED) is 0.801. The number of benzene rings is 1. The Balaban J connectivity index is 2.03. The molecule has 15 heavy (non-hydrogen) atoms. The highest BCUT2D eigenvalue weighted by Crippen LogP contribution is 2.24. The Morgan fingerprint density at radius 2 is 2.00 bits per heavy atom. The molecule has 0 saturated carbocycles. The Labute approximate surface area is 91.6 Å². The second kappa shape index (κ2) is 4.23. The molecule has 0 aliphatic carbocycles. The van der Waals surface area contributed by atoms with E-state index in [1.165, 1.54) is 12.0 Å². The highest BCUT2D eigenvalue weighted by atomic mass is 16.5. The summed E-state index contributed by atoms with van der Waals surface area (Å²) in [6.45, 7) is 6.33. The van der Waals surface area contributed by atoms with Gasteiger partial charge in [0.25, 0.3) is 0 Å². The fourth-order valence-electron chi connectivity index (χ4n) is 2.01. The Morgan fingerprint density at radius 3 is 2.60 bits per heavy atom. The summed E-state index contributed by atoms with van der Waals surface area (Å²) in [5.41, 5.74) is 1.24. The lowest BCUT2D eigenvalue weighted by Gasteiger charge is -2.34. The molecule has 2 nitrogen and oxygen atoms in total. The van der Waals surface area contributed by atoms with E-state index in [0.717, 1.165) is 25.3 Å². The smallest absolute Gasteiger partial charge is 0.120 e. The molecule has 1 heterocycles. The average Bonchev–Trinajstić information content (AvgIpc) is 2.22. The van der Waals surface area contributed by atoms with Crippen LogP contribution in [0.2, 0.25) is 0 Å². The number of rotatable bonds is 2. The number of hydrogen-bond donors (Lipinski definition) is 1. The van der Waals surface area contributed by atoms with E-state index in [2.05, 4.69) is 43.4 Å². The highest BCUT2D eigenvalue weighted by Gasteiger charge is 2.28. The van der Waals surface area contributed by atoms with Crippen molar-refractivity contribution in [2.45, 2.75) is 32.3 Å². The number of piperidine rings is 1. The van der Waals surface area contributed by atoms with Crippen molar-refractivity contribution in [3.8, 4) is 5.75 Å². The molecule has 1 aromatic carbocycles. The number of hydrogen-bond acceptors (Lipinski definition) is 2. The minimum Gasteiger partial charge on any atom is -0.486 e. The maximum Gasteiger partial charge on any atom is 0.120 e. The first-order chi connectivity index (χ1) is 7.18. The van der Waals surface area contributed by atoms with Crippen LogP contribution in [0, 0.1) is 6.92 Å². The van der Waals surface area contributed by atoms with Gasteiger partial charge in [-0.25, -0.2) is 0 Å². The van der Waals surface area contributed by atoms with Crippen molar-refractivity contribution < 1.29 is 4.74 Å². The standard InChI is InChI=1S/C13H19NO/c1-11-4-6-12(7-5-11)15-13(2)8-3-9-14-10-13/h4-7,14H,3,8-10H2,1-2H3. The monoisotopic (exact) mass is 205 g/mol. The zero-order chi connectivity index (χ0) is 10.7. The number of ether oxygens (including phenoxy) is 1. The van der Waals surface area contributed by atoms with Crippen molar-refractivity contribution in [1.29, 1.82) is 0 Å². The van der Waals surface area contributed by atoms with E-state index in [1.54, 1.807) is 0 Å². The van der Waals surface area contributed by atoms with Crippen LogP contribution in [0.4, 0.5) is 0 Å². The van der Waals surface area contributed by atoms with E-state index in [1.807, 2.05) is 0 Å². The molecule has 1 aliphatic rings. The number of nitrogens with one attached hydrogen (secondary N) is 1. The Bertz CT molecular complexity index is 312. The third kappa shape index (κ3) is 2.72. The van der Waals surface area contributed by atoms with E-state index < -0.39 is 0 Å². The molecule has 1 N–H and O–H groups in total. The predicted octanol–water partition coefficient (Wildman–Crippen LogP) is 2.52. The fraction of sp³-hybridized carbons (Fsp3) is 0.538. The average molecular weight is 205 g/mol. The molecule has 1 atom stereocenters. The van der Waals surface area contributed by atoms with Gasteiger partial charge in [0.2, 0.25) is 0 Å². The molecule has 2 heteroatoms. The lowest BCUT2D eigenvalue weighted by atomic mass is 9.96. The van der Waals surface area contributed by atoms with Gasteiger partial charge in [-0.3, -0.25) is 0 Å². The summed E-state index contributed by atoms with van der Waals surface area (Å²) in [5.74, 6) is 0.979. The van der Waals surface area contributed by atoms with Gasteiger partial charge in [0.15, 0.2) is 0 Å². The zero-order valence-corrected chi connectivity index (χ0v) is 9.55. The highest BCUT2D eigenvalue weighted by molar-refractivity contribution is 5.27. The van der Waals surface area contributed by atoms with Crippen LogP contribution in [0.15, 0.2) is 24.3 Å². The number of aryl methyl sites for hydroxylation is 1. The van der Waals surface area contributed by atoms with Gasteiger partial charge in [0.1, 0.15) is 11.4 Å². The van der Waals surface area contributed by atoms with Crippen molar-refractivity contribution in [3.63, 3.8) is 0 Å². The van der Waals surface area contributed by atoms with Gasteiger partial charge >= 0.3 is 0 Å². The van der Waals surface area contributed by atoms with Crippen LogP contribution in [0.3, 0.4) is 0 Å². The third-order valence-corrected chi connectivity index (χ3v) is 2.94. The van der Waals surface area contributed by atoms with E-state index >= 15 is 0 Å². The van der Waals surface area contributed by atoms with Gasteiger partial charge in [0.05, 0.1) is 0 Å². The molecule has 2 rings (SSSR count). The maximum absolute atomic E-state index is 6.04. The fourth-order valence-corrected chi connectivity index (χ4v) is 2.01. The molecule has 1 fully saturated rings. The molecule has 0 spiro atoms. The molecule has 1 aliphatic heterocycles. The molecule has 82 valence electrons. The van der Waals surface area contributed by atoms with Gasteiger partial charge in [-0.15, -0.1) is 0 Å². The molecular formula is C13H19NO. The Morgan fingerprint density at radius 1 is 1.27 bits per heavy atom. The van der Waals surface area contributed by atoms with Crippen molar-refractivity contribution in [1.82, 2.24) is 5.32 Å². The molecule has 1 unspecified atom stereocenters. The van der Waals surface area contributed by atoms with Gasteiger partial charge in [-0.05, 0) is 45.4 Å². The first kappa shape index (κ1) is 10.5. The van der Waals surface area contributed by atoms with Gasteiger partial charge in [-0.2, -0.15) is 0 Å². The topological polar surface area (TPSA) is 21.3 Å². The van der Waals surface area contributed by atoms with Crippen molar-refractivity contribution in [3.05, 3.63) is 29.8 Å². The van der Waals surface area contributed by atoms with Crippen LogP contribution in [-0.2, 0) is 0 Å². The van der Waals surface area contributed by atoms with Gasteiger partial charge in [-0.1, -0.05) is 17.7 Å². The van der Waals surface area contributed by atoms with Crippen molar-refractivity contribution in [2.24, 2.45) is 0 Å². The predicted molar refractivity (Wildman–Crippen MR) is 62.3 cm³/mol. The van der Waals surface area contributed by atoms with Gasteiger partial charge in [0, 0.05) is 6.54 Å². The van der Waals surface area contributed by atoms with Crippen LogP contribution in [0.25, 0.3) is 0 Å². The summed E-state index contributed by atoms with van der Waals surface area (Å²) in [4.78, 5) is 0. The van der Waals surface area contributed by atoms with Crippen LogP contribution >= 0.6 is 0 Å². The molecule has 0 radical (unpaired) electrons. The Kier molecular flexibility index (Phi) is 2.96. The van der Waals surface area contributed by atoms with E-state index in [0.29, 0.717) is 0 Å². The SMILES string of the molecule is Cc1ccc(OC2(C)CCCNC2)cc1. The minimum absolute atomic E-state index is 0.0342. The van der Waals surface area contributed by atoms with Gasteiger partial charge < -0.3 is 10.1 Å².